The standard InChI is InChI=1S/C8H12/c1-5-3-7-4-8(5)6(7)2/h5,8H,3-4H2,1-2H3. The molecular formula is C8H12. The molecule has 0 radical (unpaired) electrons. The van der Waals surface area contributed by atoms with Crippen molar-refractivity contribution in [2.75, 3.05) is 0 Å². The van der Waals surface area contributed by atoms with E-state index in [-0.39, 0.29) is 0 Å². The molecule has 2 unspecified atom stereocenters. The summed E-state index contributed by atoms with van der Waals surface area (Å²) in [6.07, 6.45) is 2.85. The summed E-state index contributed by atoms with van der Waals surface area (Å²) >= 11 is 0. The van der Waals surface area contributed by atoms with Crippen molar-refractivity contribution in [1.82, 2.24) is 0 Å². The summed E-state index contributed by atoms with van der Waals surface area (Å²) in [5.74, 6) is 2.00. The van der Waals surface area contributed by atoms with Crippen LogP contribution in [0.5, 0.6) is 0 Å². The van der Waals surface area contributed by atoms with Crippen molar-refractivity contribution in [3.05, 3.63) is 11.1 Å². The van der Waals surface area contributed by atoms with Crippen LogP contribution < -0.4 is 0 Å². The van der Waals surface area contributed by atoms with E-state index in [1.807, 2.05) is 0 Å². The number of hydrogen-bond acceptors (Lipinski definition) is 0. The molecule has 0 aromatic heterocycles. The molecule has 3 rings (SSSR count). The van der Waals surface area contributed by atoms with E-state index in [0.717, 1.165) is 11.8 Å². The van der Waals surface area contributed by atoms with Crippen LogP contribution in [0.25, 0.3) is 0 Å². The summed E-state index contributed by atoms with van der Waals surface area (Å²) < 4.78 is 0. The van der Waals surface area contributed by atoms with Gasteiger partial charge >= 0.3 is 0 Å². The Morgan fingerprint density at radius 2 is 2.12 bits per heavy atom. The molecule has 2 atom stereocenters. The van der Waals surface area contributed by atoms with E-state index < -0.39 is 0 Å². The summed E-state index contributed by atoms with van der Waals surface area (Å²) in [6.45, 7) is 4.67. The van der Waals surface area contributed by atoms with Crippen LogP contribution in [0.15, 0.2) is 11.1 Å². The minimum absolute atomic E-state index is 0.991. The van der Waals surface area contributed by atoms with Crippen molar-refractivity contribution in [2.24, 2.45) is 11.8 Å². The predicted molar refractivity (Wildman–Crippen MR) is 34.6 cm³/mol. The van der Waals surface area contributed by atoms with Gasteiger partial charge in [-0.15, -0.1) is 0 Å². The molecule has 0 aromatic carbocycles. The molecule has 2 bridgehead atoms. The SMILES string of the molecule is CC1=C2CC(C)C1C2. The van der Waals surface area contributed by atoms with Crippen LogP contribution in [0.4, 0.5) is 0 Å². The van der Waals surface area contributed by atoms with E-state index in [1.165, 1.54) is 12.8 Å². The van der Waals surface area contributed by atoms with E-state index in [1.54, 1.807) is 11.1 Å². The Labute approximate surface area is 50.6 Å². The van der Waals surface area contributed by atoms with Gasteiger partial charge in [-0.2, -0.15) is 0 Å². The van der Waals surface area contributed by atoms with Crippen LogP contribution in [-0.4, -0.2) is 0 Å². The van der Waals surface area contributed by atoms with Crippen LogP contribution in [-0.2, 0) is 0 Å². The lowest BCUT2D eigenvalue weighted by Gasteiger charge is -2.21. The fraction of sp³-hybridized carbons (Fsp3) is 0.750. The van der Waals surface area contributed by atoms with E-state index >= 15 is 0 Å². The molecule has 0 spiro atoms. The molecule has 0 heterocycles. The maximum Gasteiger partial charge on any atom is -0.0137 e. The van der Waals surface area contributed by atoms with Gasteiger partial charge < -0.3 is 0 Å². The van der Waals surface area contributed by atoms with Gasteiger partial charge in [-0.25, -0.2) is 0 Å². The van der Waals surface area contributed by atoms with E-state index in [4.69, 9.17) is 0 Å². The van der Waals surface area contributed by atoms with Crippen LogP contribution >= 0.6 is 0 Å². The van der Waals surface area contributed by atoms with E-state index in [2.05, 4.69) is 13.8 Å². The Bertz CT molecular complexity index is 153. The summed E-state index contributed by atoms with van der Waals surface area (Å²) in [5.41, 5.74) is 3.49. The lowest BCUT2D eigenvalue weighted by atomic mass is 9.84. The number of allylic oxidation sites excluding steroid dienone is 2. The number of fused-ring (bicyclic) bond motifs is 1. The number of rotatable bonds is 0. The van der Waals surface area contributed by atoms with Crippen molar-refractivity contribution in [3.63, 3.8) is 0 Å². The average molecular weight is 108 g/mol. The zero-order valence-electron chi connectivity index (χ0n) is 5.57. The third kappa shape index (κ3) is 0.331. The maximum absolute atomic E-state index is 2.37. The normalized spacial score (nSPS) is 42.8. The van der Waals surface area contributed by atoms with Gasteiger partial charge in [-0.1, -0.05) is 18.1 Å². The molecule has 0 saturated heterocycles. The fourth-order valence-corrected chi connectivity index (χ4v) is 2.11. The largest absolute Gasteiger partial charge is 0.0704 e. The Morgan fingerprint density at radius 1 is 1.38 bits per heavy atom. The smallest absolute Gasteiger partial charge is 0.0137 e. The average Bonchev–Trinajstić information content (AvgIpc) is 2.19. The first-order chi connectivity index (χ1) is 3.79. The van der Waals surface area contributed by atoms with E-state index in [0.29, 0.717) is 0 Å². The van der Waals surface area contributed by atoms with Gasteiger partial charge in [0.15, 0.2) is 0 Å². The van der Waals surface area contributed by atoms with Gasteiger partial charge in [0.25, 0.3) is 0 Å². The Morgan fingerprint density at radius 3 is 2.25 bits per heavy atom. The second-order valence-electron chi connectivity index (χ2n) is 3.28. The highest BCUT2D eigenvalue weighted by atomic mass is 14.4. The molecule has 0 amide bonds. The summed E-state index contributed by atoms with van der Waals surface area (Å²) in [5, 5.41) is 0. The molecule has 1 saturated carbocycles. The molecule has 0 N–H and O–H groups in total. The highest BCUT2D eigenvalue weighted by Crippen LogP contribution is 2.51. The monoisotopic (exact) mass is 108 g/mol. The molecular weight excluding hydrogens is 96.1 g/mol. The first-order valence-corrected chi connectivity index (χ1v) is 3.47. The minimum Gasteiger partial charge on any atom is -0.0704 e. The second-order valence-corrected chi connectivity index (χ2v) is 3.28. The first-order valence-electron chi connectivity index (χ1n) is 3.47. The quantitative estimate of drug-likeness (QED) is 0.418. The van der Waals surface area contributed by atoms with Crippen molar-refractivity contribution in [3.8, 4) is 0 Å². The molecule has 3 aliphatic carbocycles. The minimum atomic E-state index is 0.991. The van der Waals surface area contributed by atoms with Crippen LogP contribution in [0.2, 0.25) is 0 Å². The van der Waals surface area contributed by atoms with Crippen molar-refractivity contribution in [2.45, 2.75) is 26.7 Å². The molecule has 3 aliphatic rings. The van der Waals surface area contributed by atoms with Gasteiger partial charge in [0.1, 0.15) is 0 Å². The summed E-state index contributed by atoms with van der Waals surface area (Å²) in [6, 6.07) is 0. The molecule has 0 heteroatoms. The lowest BCUT2D eigenvalue weighted by Crippen LogP contribution is -2.09. The van der Waals surface area contributed by atoms with Crippen LogP contribution in [0.3, 0.4) is 0 Å². The third-order valence-corrected chi connectivity index (χ3v) is 2.84. The van der Waals surface area contributed by atoms with Gasteiger partial charge in [0.05, 0.1) is 0 Å². The molecule has 44 valence electrons. The highest BCUT2D eigenvalue weighted by Gasteiger charge is 2.38. The predicted octanol–water partition coefficient (Wildman–Crippen LogP) is 2.36. The third-order valence-electron chi connectivity index (χ3n) is 2.84. The highest BCUT2D eigenvalue weighted by molar-refractivity contribution is 5.33. The first kappa shape index (κ1) is 4.60. The lowest BCUT2D eigenvalue weighted by molar-refractivity contribution is 0.476. The van der Waals surface area contributed by atoms with Gasteiger partial charge in [0, 0.05) is 0 Å². The summed E-state index contributed by atoms with van der Waals surface area (Å²) in [4.78, 5) is 0. The van der Waals surface area contributed by atoms with Gasteiger partial charge in [-0.3, -0.25) is 0 Å². The van der Waals surface area contributed by atoms with Crippen LogP contribution in [0, 0.1) is 11.8 Å². The van der Waals surface area contributed by atoms with Crippen molar-refractivity contribution < 1.29 is 0 Å². The fourth-order valence-electron chi connectivity index (χ4n) is 2.11. The molecule has 1 fully saturated rings. The Hall–Kier alpha value is -0.260. The van der Waals surface area contributed by atoms with E-state index in [9.17, 15) is 0 Å². The zero-order chi connectivity index (χ0) is 5.72. The molecule has 0 aliphatic heterocycles. The van der Waals surface area contributed by atoms with Gasteiger partial charge in [0.2, 0.25) is 0 Å². The molecule has 0 aromatic rings. The van der Waals surface area contributed by atoms with Crippen molar-refractivity contribution in [1.29, 1.82) is 0 Å². The second kappa shape index (κ2) is 1.18. The Balaban J connectivity index is 2.30. The zero-order valence-corrected chi connectivity index (χ0v) is 5.57. The van der Waals surface area contributed by atoms with Crippen LogP contribution in [0.1, 0.15) is 26.7 Å². The maximum atomic E-state index is 2.37. The topological polar surface area (TPSA) is 0 Å². The summed E-state index contributed by atoms with van der Waals surface area (Å²) in [7, 11) is 0. The van der Waals surface area contributed by atoms with Gasteiger partial charge in [-0.05, 0) is 31.6 Å². The molecule has 0 nitrogen and oxygen atoms in total. The number of hydrogen-bond donors (Lipinski definition) is 0. The molecule has 8 heavy (non-hydrogen) atoms. The Kier molecular flexibility index (Phi) is 0.677. The van der Waals surface area contributed by atoms with Crippen molar-refractivity contribution >= 4 is 0 Å².